The van der Waals surface area contributed by atoms with E-state index in [1.807, 2.05) is 49.9 Å². The molecular formula is C39H55N9O6. The maximum absolute atomic E-state index is 13.5. The molecule has 0 spiro atoms. The van der Waals surface area contributed by atoms with Crippen molar-refractivity contribution >= 4 is 29.7 Å². The number of nitrogens with one attached hydrogen (secondary N) is 4. The second-order valence-corrected chi connectivity index (χ2v) is 15.3. The van der Waals surface area contributed by atoms with Crippen molar-refractivity contribution in [2.24, 2.45) is 11.8 Å². The van der Waals surface area contributed by atoms with Crippen molar-refractivity contribution in [3.05, 3.63) is 54.0 Å². The lowest BCUT2D eigenvalue weighted by atomic mass is 9.93. The number of hydrogen-bond acceptors (Lipinski definition) is 9. The first-order valence-electron chi connectivity index (χ1n) is 19.2. The first kappa shape index (κ1) is 38.6. The van der Waals surface area contributed by atoms with E-state index in [9.17, 15) is 19.2 Å². The van der Waals surface area contributed by atoms with Gasteiger partial charge in [0.25, 0.3) is 0 Å². The van der Waals surface area contributed by atoms with E-state index in [1.165, 1.54) is 14.2 Å². The van der Waals surface area contributed by atoms with E-state index < -0.39 is 24.3 Å². The van der Waals surface area contributed by atoms with Crippen LogP contribution in [0.15, 0.2) is 36.7 Å². The van der Waals surface area contributed by atoms with Crippen LogP contribution < -0.4 is 15.5 Å². The molecule has 3 aromatic rings. The van der Waals surface area contributed by atoms with E-state index in [0.717, 1.165) is 85.9 Å². The van der Waals surface area contributed by atoms with E-state index in [-0.39, 0.29) is 35.7 Å². The molecule has 3 aliphatic rings. The molecule has 292 valence electrons. The molecule has 4 N–H and O–H groups in total. The fourth-order valence-corrected chi connectivity index (χ4v) is 8.07. The van der Waals surface area contributed by atoms with Gasteiger partial charge in [0, 0.05) is 49.7 Å². The van der Waals surface area contributed by atoms with E-state index >= 15 is 0 Å². The molecule has 15 heteroatoms. The molecule has 0 aliphatic carbocycles. The average molecular weight is 746 g/mol. The maximum atomic E-state index is 13.5. The summed E-state index contributed by atoms with van der Waals surface area (Å²) in [6.45, 7) is 10.7. The molecule has 6 rings (SSSR count). The first-order chi connectivity index (χ1) is 26.0. The molecule has 4 amide bonds. The molecule has 0 saturated carbocycles. The molecule has 4 unspecified atom stereocenters. The monoisotopic (exact) mass is 745 g/mol. The van der Waals surface area contributed by atoms with Crippen LogP contribution in [0, 0.1) is 11.8 Å². The van der Waals surface area contributed by atoms with Gasteiger partial charge in [0.05, 0.1) is 38.2 Å². The number of rotatable bonds is 11. The SMILES string of the molecule is COC(=O)NC(C(=O)N1CCCC1c1ncc(-c2ccc(N3CCC(c4cnc(C5CCCN5C(=O)C(NC(=O)OC)C(C)C)[nH]4)CC3)cc2)[nH]1)C(C)C. The van der Waals surface area contributed by atoms with Gasteiger partial charge >= 0.3 is 12.2 Å². The van der Waals surface area contributed by atoms with Crippen LogP contribution >= 0.6 is 0 Å². The van der Waals surface area contributed by atoms with Gasteiger partial charge in [0.15, 0.2) is 0 Å². The molecule has 2 aromatic heterocycles. The maximum Gasteiger partial charge on any atom is 0.407 e. The smallest absolute Gasteiger partial charge is 0.407 e. The summed E-state index contributed by atoms with van der Waals surface area (Å²) >= 11 is 0. The van der Waals surface area contributed by atoms with E-state index in [2.05, 4.69) is 54.8 Å². The molecule has 15 nitrogen and oxygen atoms in total. The predicted molar refractivity (Wildman–Crippen MR) is 203 cm³/mol. The van der Waals surface area contributed by atoms with Crippen LogP contribution in [-0.4, -0.2) is 106 Å². The number of nitrogens with zero attached hydrogens (tertiary/aromatic N) is 5. The highest BCUT2D eigenvalue weighted by Crippen LogP contribution is 2.36. The van der Waals surface area contributed by atoms with Crippen molar-refractivity contribution in [2.75, 3.05) is 45.3 Å². The van der Waals surface area contributed by atoms with Crippen molar-refractivity contribution < 1.29 is 28.7 Å². The van der Waals surface area contributed by atoms with Crippen molar-refractivity contribution in [3.8, 4) is 11.3 Å². The van der Waals surface area contributed by atoms with Crippen LogP contribution in [-0.2, 0) is 19.1 Å². The zero-order chi connectivity index (χ0) is 38.5. The molecule has 0 bridgehead atoms. The number of amides is 4. The number of carbonyl (C=O) groups excluding carboxylic acids is 4. The molecular weight excluding hydrogens is 690 g/mol. The molecule has 3 aliphatic heterocycles. The molecule has 0 radical (unpaired) electrons. The average Bonchev–Trinajstić information content (AvgIpc) is 4.02. The van der Waals surface area contributed by atoms with E-state index in [0.29, 0.717) is 19.0 Å². The Bertz CT molecular complexity index is 1760. The number of aromatic amines is 2. The van der Waals surface area contributed by atoms with Gasteiger partial charge in [-0.2, -0.15) is 0 Å². The lowest BCUT2D eigenvalue weighted by Crippen LogP contribution is -2.51. The van der Waals surface area contributed by atoms with Crippen LogP contribution in [0.1, 0.15) is 102 Å². The van der Waals surface area contributed by atoms with Crippen molar-refractivity contribution in [3.63, 3.8) is 0 Å². The predicted octanol–water partition coefficient (Wildman–Crippen LogP) is 5.27. The number of hydrogen-bond donors (Lipinski definition) is 4. The number of H-pyrrole nitrogens is 2. The van der Waals surface area contributed by atoms with Crippen molar-refractivity contribution in [2.45, 2.75) is 96.3 Å². The Labute approximate surface area is 316 Å². The third-order valence-electron chi connectivity index (χ3n) is 11.2. The number of anilines is 1. The Morgan fingerprint density at radius 2 is 1.20 bits per heavy atom. The molecule has 4 atom stereocenters. The zero-order valence-corrected chi connectivity index (χ0v) is 32.3. The third kappa shape index (κ3) is 8.34. The van der Waals surface area contributed by atoms with Gasteiger partial charge in [-0.05, 0) is 68.1 Å². The summed E-state index contributed by atoms with van der Waals surface area (Å²) in [6, 6.07) is 6.82. The largest absolute Gasteiger partial charge is 0.453 e. The minimum atomic E-state index is -0.677. The molecule has 54 heavy (non-hydrogen) atoms. The second kappa shape index (κ2) is 16.9. The molecule has 3 saturated heterocycles. The summed E-state index contributed by atoms with van der Waals surface area (Å²) in [4.78, 5) is 73.5. The van der Waals surface area contributed by atoms with Crippen LogP contribution in [0.4, 0.5) is 15.3 Å². The van der Waals surface area contributed by atoms with Gasteiger partial charge < -0.3 is 44.8 Å². The van der Waals surface area contributed by atoms with Gasteiger partial charge in [-0.3, -0.25) is 9.59 Å². The summed E-state index contributed by atoms with van der Waals surface area (Å²) in [7, 11) is 2.59. The van der Waals surface area contributed by atoms with Gasteiger partial charge in [0.2, 0.25) is 11.8 Å². The van der Waals surface area contributed by atoms with Gasteiger partial charge in [-0.1, -0.05) is 39.8 Å². The van der Waals surface area contributed by atoms with E-state index in [4.69, 9.17) is 14.5 Å². The van der Waals surface area contributed by atoms with Crippen LogP contribution in [0.3, 0.4) is 0 Å². The third-order valence-corrected chi connectivity index (χ3v) is 11.2. The molecule has 5 heterocycles. The lowest BCUT2D eigenvalue weighted by molar-refractivity contribution is -0.136. The Balaban J connectivity index is 1.04. The standard InChI is InChI=1S/C39H55N9O6/c1-23(2)32(44-38(51)53-5)36(49)47-17-7-9-30(47)34-40-21-28(42-34)25-11-13-27(14-12-25)46-19-15-26(16-20-46)29-22-41-35(43-29)31-10-8-18-48(31)37(50)33(24(3)4)45-39(52)54-6/h11-14,21-24,26,30-33H,7-10,15-20H2,1-6H3,(H,40,42)(H,41,43)(H,44,51)(H,45,52). The number of ether oxygens (including phenoxy) is 2. The number of likely N-dealkylation sites (tertiary alicyclic amines) is 2. The van der Waals surface area contributed by atoms with E-state index in [1.54, 1.807) is 0 Å². The number of imidazole rings is 2. The van der Waals surface area contributed by atoms with Gasteiger partial charge in [-0.15, -0.1) is 0 Å². The summed E-state index contributed by atoms with van der Waals surface area (Å²) in [6.07, 6.45) is 7.84. The summed E-state index contributed by atoms with van der Waals surface area (Å²) < 4.78 is 9.52. The number of carbonyl (C=O) groups is 4. The number of alkyl carbamates (subject to hydrolysis) is 2. The highest BCUT2D eigenvalue weighted by atomic mass is 16.5. The lowest BCUT2D eigenvalue weighted by Gasteiger charge is -2.33. The number of methoxy groups -OCH3 is 2. The van der Waals surface area contributed by atoms with Gasteiger partial charge in [-0.25, -0.2) is 19.6 Å². The highest BCUT2D eigenvalue weighted by molar-refractivity contribution is 5.87. The number of aromatic nitrogens is 4. The summed E-state index contributed by atoms with van der Waals surface area (Å²) in [5.41, 5.74) is 4.16. The van der Waals surface area contributed by atoms with Crippen molar-refractivity contribution in [1.29, 1.82) is 0 Å². The normalized spacial score (nSPS) is 20.3. The molecule has 3 fully saturated rings. The number of piperidine rings is 1. The fourth-order valence-electron chi connectivity index (χ4n) is 8.07. The minimum absolute atomic E-state index is 0.0841. The Morgan fingerprint density at radius 3 is 1.70 bits per heavy atom. The summed E-state index contributed by atoms with van der Waals surface area (Å²) in [5, 5.41) is 5.41. The van der Waals surface area contributed by atoms with Crippen LogP contribution in [0.2, 0.25) is 0 Å². The number of benzene rings is 1. The zero-order valence-electron chi connectivity index (χ0n) is 32.3. The van der Waals surface area contributed by atoms with Crippen LogP contribution in [0.25, 0.3) is 11.3 Å². The van der Waals surface area contributed by atoms with Crippen LogP contribution in [0.5, 0.6) is 0 Å². The Kier molecular flexibility index (Phi) is 12.1. The van der Waals surface area contributed by atoms with Crippen molar-refractivity contribution in [1.82, 2.24) is 40.4 Å². The van der Waals surface area contributed by atoms with Gasteiger partial charge in [0.1, 0.15) is 23.7 Å². The molecule has 1 aromatic carbocycles. The quantitative estimate of drug-likeness (QED) is 0.204. The topological polar surface area (TPSA) is 178 Å². The minimum Gasteiger partial charge on any atom is -0.453 e. The second-order valence-electron chi connectivity index (χ2n) is 15.3. The fraction of sp³-hybridized carbons (Fsp3) is 0.590. The summed E-state index contributed by atoms with van der Waals surface area (Å²) in [5.74, 6) is 1.47. The first-order valence-corrected chi connectivity index (χ1v) is 19.2. The Hall–Kier alpha value is -5.08. The highest BCUT2D eigenvalue weighted by Gasteiger charge is 2.39. The Morgan fingerprint density at radius 1 is 0.704 bits per heavy atom.